The van der Waals surface area contributed by atoms with Gasteiger partial charge < -0.3 is 4.74 Å². The molecule has 6 nitrogen and oxygen atoms in total. The van der Waals surface area contributed by atoms with E-state index in [1.807, 2.05) is 0 Å². The van der Waals surface area contributed by atoms with Crippen molar-refractivity contribution in [3.8, 4) is 0 Å². The Morgan fingerprint density at radius 3 is 2.67 bits per heavy atom. The maximum Gasteiger partial charge on any atom is 0.427 e. The Kier molecular flexibility index (Phi) is 6.48. The lowest BCUT2D eigenvalue weighted by atomic mass is 10.2. The van der Waals surface area contributed by atoms with Gasteiger partial charge in [-0.25, -0.2) is 14.9 Å². The van der Waals surface area contributed by atoms with E-state index >= 15 is 0 Å². The van der Waals surface area contributed by atoms with Gasteiger partial charge in [-0.3, -0.25) is 0 Å². The molecule has 1 N–H and O–H groups in total. The maximum absolute atomic E-state index is 11.2. The van der Waals surface area contributed by atoms with Crippen LogP contribution in [0.15, 0.2) is 23.3 Å². The summed E-state index contributed by atoms with van der Waals surface area (Å²) in [5, 5.41) is 9.58. The highest BCUT2D eigenvalue weighted by Gasteiger charge is 2.15. The topological polar surface area (TPSA) is 68.5 Å². The molecular weight excluding hydrogens is 375 g/mol. The first-order chi connectivity index (χ1) is 11.4. The first-order valence-electron chi connectivity index (χ1n) is 7.05. The molecule has 9 heteroatoms. The van der Waals surface area contributed by atoms with Gasteiger partial charge in [0.1, 0.15) is 5.15 Å². The molecule has 1 aromatic heterocycles. The number of hydrogen-bond acceptors (Lipinski definition) is 4. The number of carbonyl (C=O) groups is 1. The molecule has 2 aromatic rings. The molecule has 0 aliphatic heterocycles. The Bertz CT molecular complexity index is 754. The van der Waals surface area contributed by atoms with Gasteiger partial charge in [-0.15, -0.1) is 0 Å². The van der Waals surface area contributed by atoms with Gasteiger partial charge in [0.25, 0.3) is 0 Å². The third kappa shape index (κ3) is 4.41. The van der Waals surface area contributed by atoms with Crippen molar-refractivity contribution in [3.63, 3.8) is 0 Å². The molecule has 0 bridgehead atoms. The highest BCUT2D eigenvalue weighted by molar-refractivity contribution is 6.36. The smallest absolute Gasteiger partial charge is 0.427 e. The summed E-state index contributed by atoms with van der Waals surface area (Å²) >= 11 is 18.7. The summed E-state index contributed by atoms with van der Waals surface area (Å²) in [6.07, 6.45) is 0.768. The van der Waals surface area contributed by atoms with Crippen molar-refractivity contribution in [3.05, 3.63) is 50.2 Å². The highest BCUT2D eigenvalue weighted by atomic mass is 35.5. The fourth-order valence-corrected chi connectivity index (χ4v) is 2.76. The Balaban J connectivity index is 2.20. The normalized spacial score (nSPS) is 11.0. The van der Waals surface area contributed by atoms with E-state index in [2.05, 4.69) is 15.6 Å². The molecule has 2 rings (SSSR count). The molecule has 0 fully saturated rings. The molecule has 1 amide bonds. The molecule has 1 heterocycles. The van der Waals surface area contributed by atoms with E-state index < -0.39 is 6.09 Å². The van der Waals surface area contributed by atoms with Gasteiger partial charge in [0.15, 0.2) is 0 Å². The Labute approximate surface area is 154 Å². The van der Waals surface area contributed by atoms with Crippen LogP contribution in [0, 0.1) is 6.92 Å². The second-order valence-corrected chi connectivity index (χ2v) is 5.91. The van der Waals surface area contributed by atoms with Crippen LogP contribution in [-0.4, -0.2) is 28.7 Å². The molecule has 0 aliphatic carbocycles. The van der Waals surface area contributed by atoms with Gasteiger partial charge in [-0.2, -0.15) is 10.2 Å². The zero-order valence-corrected chi connectivity index (χ0v) is 15.3. The van der Waals surface area contributed by atoms with Crippen molar-refractivity contribution < 1.29 is 9.53 Å². The summed E-state index contributed by atoms with van der Waals surface area (Å²) in [7, 11) is 0. The van der Waals surface area contributed by atoms with E-state index in [1.54, 1.807) is 36.7 Å². The van der Waals surface area contributed by atoms with Gasteiger partial charge in [0, 0.05) is 15.6 Å². The molecule has 0 aliphatic rings. The summed E-state index contributed by atoms with van der Waals surface area (Å²) in [5.41, 5.74) is 4.19. The Hall–Kier alpha value is -1.76. The van der Waals surface area contributed by atoms with Gasteiger partial charge in [-0.05, 0) is 26.0 Å². The second kappa shape index (κ2) is 8.37. The average Bonchev–Trinajstić information content (AvgIpc) is 2.79. The fraction of sp³-hybridized carbons (Fsp3) is 0.267. The summed E-state index contributed by atoms with van der Waals surface area (Å²) in [6, 6.07) is 5.26. The predicted molar refractivity (Wildman–Crippen MR) is 95.3 cm³/mol. The molecular formula is C15H15Cl3N4O2. The number of ether oxygens (including phenoxy) is 1. The number of aromatic nitrogens is 2. The first-order valence-corrected chi connectivity index (χ1v) is 8.19. The zero-order valence-electron chi connectivity index (χ0n) is 13.0. The van der Waals surface area contributed by atoms with Gasteiger partial charge in [0.05, 0.1) is 30.6 Å². The monoisotopic (exact) mass is 388 g/mol. The van der Waals surface area contributed by atoms with E-state index in [0.717, 1.165) is 5.56 Å². The summed E-state index contributed by atoms with van der Waals surface area (Å²) < 4.78 is 6.27. The predicted octanol–water partition coefficient (Wildman–Crippen LogP) is 4.28. The van der Waals surface area contributed by atoms with E-state index in [0.29, 0.717) is 33.0 Å². The quantitative estimate of drug-likeness (QED) is 0.613. The largest absolute Gasteiger partial charge is 0.449 e. The van der Waals surface area contributed by atoms with Crippen LogP contribution in [0.1, 0.15) is 23.7 Å². The minimum atomic E-state index is -0.641. The van der Waals surface area contributed by atoms with E-state index in [4.69, 9.17) is 39.5 Å². The first kappa shape index (κ1) is 18.6. The van der Waals surface area contributed by atoms with E-state index in [9.17, 15) is 4.79 Å². The van der Waals surface area contributed by atoms with Gasteiger partial charge in [-0.1, -0.05) is 40.9 Å². The third-order valence-corrected chi connectivity index (χ3v) is 4.21. The van der Waals surface area contributed by atoms with Crippen LogP contribution in [0.2, 0.25) is 15.2 Å². The van der Waals surface area contributed by atoms with Crippen molar-refractivity contribution >= 4 is 47.1 Å². The summed E-state index contributed by atoms with van der Waals surface area (Å²) in [5.74, 6) is 0. The minimum Gasteiger partial charge on any atom is -0.449 e. The minimum absolute atomic E-state index is 0.262. The van der Waals surface area contributed by atoms with Crippen LogP contribution in [0.4, 0.5) is 4.79 Å². The number of hydrazone groups is 1. The molecule has 0 radical (unpaired) electrons. The van der Waals surface area contributed by atoms with Crippen LogP contribution in [0.25, 0.3) is 0 Å². The van der Waals surface area contributed by atoms with Gasteiger partial charge >= 0.3 is 6.09 Å². The number of nitrogens with zero attached hydrogens (tertiary/aromatic N) is 3. The SMILES string of the molecule is CCOC(=O)N/N=C/c1c(C)nn(Cc2c(Cl)cccc2Cl)c1Cl. The molecule has 0 saturated heterocycles. The third-order valence-electron chi connectivity index (χ3n) is 3.10. The number of benzene rings is 1. The van der Waals surface area contributed by atoms with Crippen molar-refractivity contribution in [1.82, 2.24) is 15.2 Å². The van der Waals surface area contributed by atoms with Crippen LogP contribution in [0.3, 0.4) is 0 Å². The zero-order chi connectivity index (χ0) is 17.7. The summed E-state index contributed by atoms with van der Waals surface area (Å²) in [4.78, 5) is 11.2. The molecule has 1 aromatic carbocycles. The van der Waals surface area contributed by atoms with Gasteiger partial charge in [0.2, 0.25) is 0 Å². The fourth-order valence-electron chi connectivity index (χ4n) is 1.96. The molecule has 0 atom stereocenters. The van der Waals surface area contributed by atoms with E-state index in [-0.39, 0.29) is 6.61 Å². The van der Waals surface area contributed by atoms with Crippen molar-refractivity contribution in [2.45, 2.75) is 20.4 Å². The van der Waals surface area contributed by atoms with Crippen molar-refractivity contribution in [1.29, 1.82) is 0 Å². The van der Waals surface area contributed by atoms with E-state index in [1.165, 1.54) is 6.21 Å². The van der Waals surface area contributed by atoms with Crippen molar-refractivity contribution in [2.24, 2.45) is 5.10 Å². The molecule has 24 heavy (non-hydrogen) atoms. The molecule has 0 unspecified atom stereocenters. The lowest BCUT2D eigenvalue weighted by molar-refractivity contribution is 0.152. The molecule has 0 spiro atoms. The summed E-state index contributed by atoms with van der Waals surface area (Å²) in [6.45, 7) is 4.06. The lowest BCUT2D eigenvalue weighted by Gasteiger charge is -2.08. The Morgan fingerprint density at radius 1 is 1.38 bits per heavy atom. The van der Waals surface area contributed by atoms with Crippen LogP contribution in [0.5, 0.6) is 0 Å². The average molecular weight is 390 g/mol. The molecule has 0 saturated carbocycles. The molecule has 128 valence electrons. The van der Waals surface area contributed by atoms with Crippen LogP contribution >= 0.6 is 34.8 Å². The Morgan fingerprint density at radius 2 is 2.04 bits per heavy atom. The standard InChI is InChI=1S/C15H15Cl3N4O2/c1-3-24-15(23)20-19-7-10-9(2)21-22(14(10)18)8-11-12(16)5-4-6-13(11)17/h4-7H,3,8H2,1-2H3,(H,20,23)/b19-7+. The number of carbonyl (C=O) groups excluding carboxylic acids is 1. The lowest BCUT2D eigenvalue weighted by Crippen LogP contribution is -2.18. The van der Waals surface area contributed by atoms with Crippen LogP contribution < -0.4 is 5.43 Å². The number of rotatable bonds is 5. The maximum atomic E-state index is 11.2. The van der Waals surface area contributed by atoms with Crippen LogP contribution in [-0.2, 0) is 11.3 Å². The second-order valence-electron chi connectivity index (χ2n) is 4.74. The number of halogens is 3. The number of amides is 1. The van der Waals surface area contributed by atoms with Crippen molar-refractivity contribution in [2.75, 3.05) is 6.61 Å². The number of aryl methyl sites for hydroxylation is 1. The number of hydrogen-bond donors (Lipinski definition) is 1. The number of nitrogens with one attached hydrogen (secondary N) is 1. The highest BCUT2D eigenvalue weighted by Crippen LogP contribution is 2.27.